The number of benzene rings is 1. The van der Waals surface area contributed by atoms with Gasteiger partial charge in [-0.25, -0.2) is 4.98 Å². The van der Waals surface area contributed by atoms with Gasteiger partial charge in [-0.2, -0.15) is 0 Å². The van der Waals surface area contributed by atoms with E-state index in [0.29, 0.717) is 25.3 Å². The highest BCUT2D eigenvalue weighted by molar-refractivity contribution is 7.10. The molecule has 1 amide bonds. The molecule has 0 saturated carbocycles. The molecule has 0 fully saturated rings. The fraction of sp³-hybridized carbons (Fsp3) is 0.200. The van der Waals surface area contributed by atoms with Crippen molar-refractivity contribution in [1.82, 2.24) is 14.9 Å². The number of aromatic nitrogens is 2. The molecule has 0 spiro atoms. The molecule has 8 heteroatoms. The van der Waals surface area contributed by atoms with Crippen LogP contribution in [0.3, 0.4) is 0 Å². The summed E-state index contributed by atoms with van der Waals surface area (Å²) in [5.41, 5.74) is 3.30. The Morgan fingerprint density at radius 3 is 2.70 bits per heavy atom. The summed E-state index contributed by atoms with van der Waals surface area (Å²) >= 11 is 3.23. The zero-order valence-electron chi connectivity index (χ0n) is 18.5. The van der Waals surface area contributed by atoms with E-state index in [1.54, 1.807) is 35.9 Å². The van der Waals surface area contributed by atoms with E-state index in [0.717, 1.165) is 33.6 Å². The summed E-state index contributed by atoms with van der Waals surface area (Å²) in [5.74, 6) is 1.43. The Balaban J connectivity index is 1.58. The zero-order valence-corrected chi connectivity index (χ0v) is 20.2. The number of hydrogen-bond acceptors (Lipinski definition) is 6. The molecular formula is C25H25N3O3S2. The predicted octanol–water partition coefficient (Wildman–Crippen LogP) is 5.53. The van der Waals surface area contributed by atoms with Gasteiger partial charge in [0, 0.05) is 22.5 Å². The molecule has 4 aromatic rings. The van der Waals surface area contributed by atoms with Gasteiger partial charge in [-0.1, -0.05) is 12.1 Å². The van der Waals surface area contributed by atoms with Crippen molar-refractivity contribution in [2.45, 2.75) is 20.1 Å². The van der Waals surface area contributed by atoms with Crippen LogP contribution in [0.5, 0.6) is 11.5 Å². The van der Waals surface area contributed by atoms with Gasteiger partial charge >= 0.3 is 0 Å². The van der Waals surface area contributed by atoms with Gasteiger partial charge in [0.15, 0.2) is 0 Å². The summed E-state index contributed by atoms with van der Waals surface area (Å²) in [4.78, 5) is 18.7. The summed E-state index contributed by atoms with van der Waals surface area (Å²) in [5, 5.41) is 7.81. The number of carbonyl (C=O) groups is 1. The third-order valence-electron chi connectivity index (χ3n) is 5.15. The van der Waals surface area contributed by atoms with Crippen LogP contribution in [0.25, 0.3) is 11.4 Å². The number of nitrogens with one attached hydrogen (secondary N) is 1. The van der Waals surface area contributed by atoms with Crippen LogP contribution in [-0.4, -0.2) is 29.1 Å². The van der Waals surface area contributed by atoms with Crippen molar-refractivity contribution in [3.8, 4) is 22.9 Å². The normalized spacial score (nSPS) is 10.7. The fourth-order valence-corrected chi connectivity index (χ4v) is 4.81. The molecule has 0 radical (unpaired) electrons. The van der Waals surface area contributed by atoms with Crippen LogP contribution in [-0.2, 0) is 13.2 Å². The average molecular weight is 480 g/mol. The highest BCUT2D eigenvalue weighted by atomic mass is 32.1. The van der Waals surface area contributed by atoms with Crippen molar-refractivity contribution >= 4 is 28.6 Å². The van der Waals surface area contributed by atoms with Gasteiger partial charge in [-0.3, -0.25) is 4.79 Å². The van der Waals surface area contributed by atoms with E-state index in [4.69, 9.17) is 14.5 Å². The number of methoxy groups -OCH3 is 1. The topological polar surface area (TPSA) is 65.4 Å². The summed E-state index contributed by atoms with van der Waals surface area (Å²) < 4.78 is 13.2. The zero-order chi connectivity index (χ0) is 23.2. The van der Waals surface area contributed by atoms with E-state index < -0.39 is 0 Å². The quantitative estimate of drug-likeness (QED) is 0.304. The first-order valence-corrected chi connectivity index (χ1v) is 12.2. The van der Waals surface area contributed by atoms with Crippen molar-refractivity contribution in [1.29, 1.82) is 0 Å². The largest absolute Gasteiger partial charge is 0.497 e. The van der Waals surface area contributed by atoms with Crippen LogP contribution in [0.1, 0.15) is 25.9 Å². The van der Waals surface area contributed by atoms with Crippen molar-refractivity contribution in [2.75, 3.05) is 13.7 Å². The van der Waals surface area contributed by atoms with Crippen molar-refractivity contribution in [3.63, 3.8) is 0 Å². The monoisotopic (exact) mass is 479 g/mol. The minimum absolute atomic E-state index is 0.114. The lowest BCUT2D eigenvalue weighted by atomic mass is 10.2. The van der Waals surface area contributed by atoms with Gasteiger partial charge in [0.2, 0.25) is 0 Å². The molecule has 0 aliphatic carbocycles. The van der Waals surface area contributed by atoms with E-state index in [2.05, 4.69) is 27.9 Å². The van der Waals surface area contributed by atoms with Crippen LogP contribution in [0.4, 0.5) is 0 Å². The van der Waals surface area contributed by atoms with Gasteiger partial charge in [-0.15, -0.1) is 29.3 Å². The first-order valence-electron chi connectivity index (χ1n) is 10.4. The van der Waals surface area contributed by atoms with Crippen LogP contribution >= 0.6 is 22.7 Å². The molecule has 170 valence electrons. The van der Waals surface area contributed by atoms with E-state index >= 15 is 0 Å². The second kappa shape index (κ2) is 10.5. The fourth-order valence-electron chi connectivity index (χ4n) is 3.42. The van der Waals surface area contributed by atoms with Crippen LogP contribution in [0.15, 0.2) is 65.9 Å². The smallest absolute Gasteiger partial charge is 0.253 e. The minimum atomic E-state index is -0.114. The Morgan fingerprint density at radius 2 is 2.00 bits per heavy atom. The minimum Gasteiger partial charge on any atom is -0.497 e. The molecule has 0 saturated heterocycles. The van der Waals surface area contributed by atoms with Crippen molar-refractivity contribution in [2.24, 2.45) is 0 Å². The standard InChI is InChI=1S/C25H25N3O3S2/c1-4-11-26-25(29)21-13-23(28(17(21)2)14-20-6-5-12-32-20)22-16-33-24(27-22)15-31-19-9-7-18(30-3)8-10-19/h4-10,12-13,16H,1,11,14-15H2,2-3H3,(H,26,29). The van der Waals surface area contributed by atoms with Gasteiger partial charge in [-0.05, 0) is 48.7 Å². The number of carbonyl (C=O) groups excluding carboxylic acids is 1. The Hall–Kier alpha value is -3.36. The number of thiophene rings is 1. The number of amides is 1. The maximum Gasteiger partial charge on any atom is 0.253 e. The Labute approximate surface area is 201 Å². The number of thiazole rings is 1. The first kappa shape index (κ1) is 22.8. The van der Waals surface area contributed by atoms with Gasteiger partial charge in [0.1, 0.15) is 23.1 Å². The molecule has 0 atom stereocenters. The molecule has 0 unspecified atom stereocenters. The Bertz CT molecular complexity index is 1220. The summed E-state index contributed by atoms with van der Waals surface area (Å²) in [6.45, 7) is 7.12. The van der Waals surface area contributed by atoms with Crippen molar-refractivity contribution in [3.05, 3.63) is 87.0 Å². The van der Waals surface area contributed by atoms with Gasteiger partial charge in [0.05, 0.1) is 30.6 Å². The molecule has 1 aromatic carbocycles. The second-order valence-electron chi connectivity index (χ2n) is 7.28. The summed E-state index contributed by atoms with van der Waals surface area (Å²) in [6.07, 6.45) is 1.67. The van der Waals surface area contributed by atoms with Crippen molar-refractivity contribution < 1.29 is 14.3 Å². The lowest BCUT2D eigenvalue weighted by molar-refractivity contribution is 0.0957. The molecule has 0 aliphatic rings. The predicted molar refractivity (Wildman–Crippen MR) is 134 cm³/mol. The Kier molecular flexibility index (Phi) is 7.26. The molecule has 6 nitrogen and oxygen atoms in total. The number of rotatable bonds is 10. The lowest BCUT2D eigenvalue weighted by Crippen LogP contribution is -2.23. The third kappa shape index (κ3) is 5.35. The molecule has 3 heterocycles. The molecule has 1 N–H and O–H groups in total. The van der Waals surface area contributed by atoms with E-state index in [1.807, 2.05) is 48.7 Å². The molecule has 3 aromatic heterocycles. The maximum absolute atomic E-state index is 12.7. The van der Waals surface area contributed by atoms with E-state index in [-0.39, 0.29) is 5.91 Å². The molecular weight excluding hydrogens is 454 g/mol. The number of hydrogen-bond donors (Lipinski definition) is 1. The molecule has 0 aliphatic heterocycles. The van der Waals surface area contributed by atoms with Gasteiger partial charge in [0.25, 0.3) is 5.91 Å². The third-order valence-corrected chi connectivity index (χ3v) is 6.83. The SMILES string of the molecule is C=CCNC(=O)c1cc(-c2csc(COc3ccc(OC)cc3)n2)n(Cc2cccs2)c1C. The highest BCUT2D eigenvalue weighted by Crippen LogP contribution is 2.29. The molecule has 4 rings (SSSR count). The number of ether oxygens (including phenoxy) is 2. The van der Waals surface area contributed by atoms with E-state index in [9.17, 15) is 4.79 Å². The van der Waals surface area contributed by atoms with Crippen LogP contribution < -0.4 is 14.8 Å². The lowest BCUT2D eigenvalue weighted by Gasteiger charge is -2.10. The summed E-state index contributed by atoms with van der Waals surface area (Å²) in [6, 6.07) is 13.5. The average Bonchev–Trinajstić information content (AvgIpc) is 3.58. The van der Waals surface area contributed by atoms with Crippen LogP contribution in [0.2, 0.25) is 0 Å². The van der Waals surface area contributed by atoms with E-state index in [1.165, 1.54) is 4.88 Å². The second-order valence-corrected chi connectivity index (χ2v) is 9.26. The molecule has 0 bridgehead atoms. The summed E-state index contributed by atoms with van der Waals surface area (Å²) in [7, 11) is 1.64. The maximum atomic E-state index is 12.7. The highest BCUT2D eigenvalue weighted by Gasteiger charge is 2.20. The Morgan fingerprint density at radius 1 is 1.21 bits per heavy atom. The van der Waals surface area contributed by atoms with Crippen LogP contribution in [0, 0.1) is 6.92 Å². The first-order chi connectivity index (χ1) is 16.1. The molecule has 33 heavy (non-hydrogen) atoms. The number of nitrogens with zero attached hydrogens (tertiary/aromatic N) is 2. The van der Waals surface area contributed by atoms with Gasteiger partial charge < -0.3 is 19.4 Å².